The summed E-state index contributed by atoms with van der Waals surface area (Å²) in [5, 5.41) is 9.22. The van der Waals surface area contributed by atoms with Crippen molar-refractivity contribution in [2.45, 2.75) is 0 Å². The molecule has 0 atom stereocenters. The molecule has 1 aromatic carbocycles. The fourth-order valence-corrected chi connectivity index (χ4v) is 3.24. The van der Waals surface area contributed by atoms with Crippen molar-refractivity contribution in [2.24, 2.45) is 0 Å². The largest absolute Gasteiger partial charge is 0.452 e. The van der Waals surface area contributed by atoms with Gasteiger partial charge in [0.25, 0.3) is 5.91 Å². The third-order valence-electron chi connectivity index (χ3n) is 3.89. The standard InChI is InChI=1S/C21H21N3O4S/c1-27-12-11-22-19(25)15-28-20(26)10-9-16-14-24(17-6-3-2-4-7-17)23-21(16)18-8-5-13-29-18/h2-10,13-14H,11-12,15H2,1H3,(H,22,25)/b10-9+. The Morgan fingerprint density at radius 2 is 2.03 bits per heavy atom. The van der Waals surface area contributed by atoms with Crippen LogP contribution in [0.5, 0.6) is 0 Å². The van der Waals surface area contributed by atoms with Crippen molar-refractivity contribution in [3.05, 3.63) is 65.7 Å². The van der Waals surface area contributed by atoms with Gasteiger partial charge in [-0.1, -0.05) is 24.3 Å². The number of esters is 1. The lowest BCUT2D eigenvalue weighted by atomic mass is 10.2. The molecule has 7 nitrogen and oxygen atoms in total. The van der Waals surface area contributed by atoms with Gasteiger partial charge in [0.05, 0.1) is 17.2 Å². The van der Waals surface area contributed by atoms with Gasteiger partial charge in [-0.25, -0.2) is 9.48 Å². The number of methoxy groups -OCH3 is 1. The molecule has 1 N–H and O–H groups in total. The fourth-order valence-electron chi connectivity index (χ4n) is 2.51. The van der Waals surface area contributed by atoms with E-state index >= 15 is 0 Å². The molecule has 8 heteroatoms. The zero-order chi connectivity index (χ0) is 20.5. The maximum Gasteiger partial charge on any atom is 0.331 e. The Morgan fingerprint density at radius 3 is 2.76 bits per heavy atom. The van der Waals surface area contributed by atoms with Crippen molar-refractivity contribution >= 4 is 29.3 Å². The van der Waals surface area contributed by atoms with Crippen LogP contribution >= 0.6 is 11.3 Å². The number of thiophene rings is 1. The highest BCUT2D eigenvalue weighted by Gasteiger charge is 2.12. The van der Waals surface area contributed by atoms with Crippen LogP contribution in [-0.4, -0.2) is 48.5 Å². The summed E-state index contributed by atoms with van der Waals surface area (Å²) in [5.74, 6) is -0.976. The van der Waals surface area contributed by atoms with Gasteiger partial charge in [-0.05, 0) is 29.7 Å². The molecule has 0 saturated heterocycles. The molecule has 0 bridgehead atoms. The lowest BCUT2D eigenvalue weighted by Crippen LogP contribution is -2.31. The van der Waals surface area contributed by atoms with E-state index in [1.54, 1.807) is 29.2 Å². The molecule has 0 aliphatic rings. The lowest BCUT2D eigenvalue weighted by molar-refractivity contribution is -0.143. The molecule has 3 aromatic rings. The van der Waals surface area contributed by atoms with Crippen LogP contribution in [0, 0.1) is 0 Å². The maximum absolute atomic E-state index is 12.0. The molecule has 1 amide bonds. The molecule has 0 saturated carbocycles. The van der Waals surface area contributed by atoms with Gasteiger partial charge in [-0.3, -0.25) is 4.79 Å². The Labute approximate surface area is 172 Å². The van der Waals surface area contributed by atoms with Crippen molar-refractivity contribution in [3.8, 4) is 16.3 Å². The molecule has 0 radical (unpaired) electrons. The predicted octanol–water partition coefficient (Wildman–Crippen LogP) is 2.92. The minimum atomic E-state index is -0.600. The van der Waals surface area contributed by atoms with Gasteiger partial charge in [-0.15, -0.1) is 11.3 Å². The van der Waals surface area contributed by atoms with Gasteiger partial charge in [-0.2, -0.15) is 5.10 Å². The van der Waals surface area contributed by atoms with E-state index in [4.69, 9.17) is 9.47 Å². The number of carbonyl (C=O) groups excluding carboxylic acids is 2. The SMILES string of the molecule is COCCNC(=O)COC(=O)/C=C/c1cn(-c2ccccc2)nc1-c1cccs1. The number of carbonyl (C=O) groups is 2. The number of hydrogen-bond acceptors (Lipinski definition) is 6. The number of nitrogens with zero attached hydrogens (tertiary/aromatic N) is 2. The van der Waals surface area contributed by atoms with Crippen molar-refractivity contribution in [1.82, 2.24) is 15.1 Å². The van der Waals surface area contributed by atoms with Crippen LogP contribution in [-0.2, 0) is 19.1 Å². The summed E-state index contributed by atoms with van der Waals surface area (Å²) in [6.45, 7) is 0.427. The third-order valence-corrected chi connectivity index (χ3v) is 4.77. The van der Waals surface area contributed by atoms with Crippen molar-refractivity contribution < 1.29 is 19.1 Å². The number of ether oxygens (including phenoxy) is 2. The van der Waals surface area contributed by atoms with Crippen molar-refractivity contribution in [2.75, 3.05) is 26.9 Å². The molecule has 3 rings (SSSR count). The molecule has 2 heterocycles. The van der Waals surface area contributed by atoms with Crippen LogP contribution in [0.2, 0.25) is 0 Å². The van der Waals surface area contributed by atoms with E-state index in [0.717, 1.165) is 21.8 Å². The summed E-state index contributed by atoms with van der Waals surface area (Å²) in [6.07, 6.45) is 4.80. The summed E-state index contributed by atoms with van der Waals surface area (Å²) in [7, 11) is 1.54. The molecule has 150 valence electrons. The van der Waals surface area contributed by atoms with E-state index in [9.17, 15) is 9.59 Å². The first kappa shape index (κ1) is 20.5. The number of hydrogen-bond donors (Lipinski definition) is 1. The van der Waals surface area contributed by atoms with Gasteiger partial charge in [0, 0.05) is 31.5 Å². The van der Waals surface area contributed by atoms with E-state index in [1.165, 1.54) is 6.08 Å². The van der Waals surface area contributed by atoms with E-state index in [-0.39, 0.29) is 12.5 Å². The van der Waals surface area contributed by atoms with E-state index < -0.39 is 5.97 Å². The Hall–Kier alpha value is -3.23. The Balaban J connectivity index is 1.70. The highest BCUT2D eigenvalue weighted by molar-refractivity contribution is 7.13. The Morgan fingerprint density at radius 1 is 1.21 bits per heavy atom. The van der Waals surface area contributed by atoms with Crippen LogP contribution in [0.15, 0.2) is 60.1 Å². The monoisotopic (exact) mass is 411 g/mol. The van der Waals surface area contributed by atoms with Gasteiger partial charge >= 0.3 is 5.97 Å². The van der Waals surface area contributed by atoms with E-state index in [1.807, 2.05) is 54.0 Å². The van der Waals surface area contributed by atoms with Crippen LogP contribution in [0.25, 0.3) is 22.3 Å². The first-order valence-corrected chi connectivity index (χ1v) is 9.85. The lowest BCUT2D eigenvalue weighted by Gasteiger charge is -2.04. The molecular weight excluding hydrogens is 390 g/mol. The molecular formula is C21H21N3O4S. The second-order valence-corrected chi connectivity index (χ2v) is 6.92. The van der Waals surface area contributed by atoms with Gasteiger partial charge < -0.3 is 14.8 Å². The molecule has 0 spiro atoms. The molecule has 0 aliphatic carbocycles. The van der Waals surface area contributed by atoms with Crippen LogP contribution in [0.4, 0.5) is 0 Å². The van der Waals surface area contributed by atoms with E-state index in [2.05, 4.69) is 10.4 Å². The fraction of sp³-hybridized carbons (Fsp3) is 0.190. The molecule has 0 unspecified atom stereocenters. The highest BCUT2D eigenvalue weighted by Crippen LogP contribution is 2.28. The summed E-state index contributed by atoms with van der Waals surface area (Å²) in [6, 6.07) is 13.6. The smallest absolute Gasteiger partial charge is 0.331 e. The second kappa shape index (κ2) is 10.4. The summed E-state index contributed by atoms with van der Waals surface area (Å²) >= 11 is 1.57. The average Bonchev–Trinajstić information content (AvgIpc) is 3.41. The van der Waals surface area contributed by atoms with Crippen molar-refractivity contribution in [3.63, 3.8) is 0 Å². The zero-order valence-corrected chi connectivity index (χ0v) is 16.7. The Bertz CT molecular complexity index is 965. The topological polar surface area (TPSA) is 82.5 Å². The van der Waals surface area contributed by atoms with Crippen molar-refractivity contribution in [1.29, 1.82) is 0 Å². The normalized spacial score (nSPS) is 10.9. The number of nitrogens with one attached hydrogen (secondary N) is 1. The average molecular weight is 411 g/mol. The summed E-state index contributed by atoms with van der Waals surface area (Å²) in [5.41, 5.74) is 2.46. The number of benzene rings is 1. The first-order chi connectivity index (χ1) is 14.2. The highest BCUT2D eigenvalue weighted by atomic mass is 32.1. The minimum Gasteiger partial charge on any atom is -0.452 e. The predicted molar refractivity (Wildman–Crippen MR) is 112 cm³/mol. The summed E-state index contributed by atoms with van der Waals surface area (Å²) in [4.78, 5) is 24.6. The maximum atomic E-state index is 12.0. The first-order valence-electron chi connectivity index (χ1n) is 8.97. The third kappa shape index (κ3) is 5.87. The van der Waals surface area contributed by atoms with Gasteiger partial charge in [0.1, 0.15) is 5.69 Å². The van der Waals surface area contributed by atoms with Crippen LogP contribution < -0.4 is 5.32 Å². The van der Waals surface area contributed by atoms with Crippen LogP contribution in [0.3, 0.4) is 0 Å². The second-order valence-electron chi connectivity index (χ2n) is 5.97. The zero-order valence-electron chi connectivity index (χ0n) is 15.9. The minimum absolute atomic E-state index is 0.339. The summed E-state index contributed by atoms with van der Waals surface area (Å²) < 4.78 is 11.6. The molecule has 0 fully saturated rings. The molecule has 2 aromatic heterocycles. The quantitative estimate of drug-likeness (QED) is 0.333. The van der Waals surface area contributed by atoms with Crippen LogP contribution in [0.1, 0.15) is 5.56 Å². The number of rotatable bonds is 9. The Kier molecular flexibility index (Phi) is 7.32. The number of para-hydroxylation sites is 1. The number of aromatic nitrogens is 2. The van der Waals surface area contributed by atoms with Gasteiger partial charge in [0.2, 0.25) is 0 Å². The molecule has 0 aliphatic heterocycles. The molecule has 29 heavy (non-hydrogen) atoms. The number of amides is 1. The van der Waals surface area contributed by atoms with E-state index in [0.29, 0.717) is 13.2 Å². The van der Waals surface area contributed by atoms with Gasteiger partial charge in [0.15, 0.2) is 6.61 Å².